The lowest BCUT2D eigenvalue weighted by Crippen LogP contribution is -2.55. The Morgan fingerprint density at radius 2 is 1.71 bits per heavy atom. The van der Waals surface area contributed by atoms with Crippen LogP contribution in [-0.2, 0) is 0 Å². The van der Waals surface area contributed by atoms with Gasteiger partial charge in [0, 0.05) is 0 Å². The molecule has 0 aromatic heterocycles. The third-order valence-electron chi connectivity index (χ3n) is 4.54. The summed E-state index contributed by atoms with van der Waals surface area (Å²) < 4.78 is 14.3. The van der Waals surface area contributed by atoms with Crippen molar-refractivity contribution in [3.05, 3.63) is 0 Å². The quantitative estimate of drug-likeness (QED) is 0.721. The molecule has 0 radical (unpaired) electrons. The van der Waals surface area contributed by atoms with Gasteiger partial charge in [0.15, 0.2) is 0 Å². The van der Waals surface area contributed by atoms with Gasteiger partial charge in [-0.1, -0.05) is 0 Å². The van der Waals surface area contributed by atoms with E-state index in [-0.39, 0.29) is 17.8 Å². The fourth-order valence-corrected chi connectivity index (χ4v) is 4.57. The lowest BCUT2D eigenvalue weighted by atomic mass is 9.48. The second kappa shape index (κ2) is 3.08. The highest BCUT2D eigenvalue weighted by Crippen LogP contribution is 2.62. The average Bonchev–Trinajstić information content (AvgIpc) is 1.99. The molecule has 0 aromatic carbocycles. The summed E-state index contributed by atoms with van der Waals surface area (Å²) in [5.41, 5.74) is 5.21. The van der Waals surface area contributed by atoms with E-state index in [0.717, 1.165) is 19.3 Å². The summed E-state index contributed by atoms with van der Waals surface area (Å²) in [5.74, 6) is 1.32. The smallest absolute Gasteiger partial charge is 0.112 e. The third kappa shape index (κ3) is 1.38. The van der Waals surface area contributed by atoms with Gasteiger partial charge in [-0.15, -0.1) is 12.4 Å². The fraction of sp³-hybridized carbons (Fsp3) is 1.00. The normalized spacial score (nSPS) is 54.4. The first-order valence-corrected chi connectivity index (χ1v) is 5.52. The summed E-state index contributed by atoms with van der Waals surface area (Å²) in [7, 11) is 0. The Labute approximate surface area is 91.0 Å². The minimum absolute atomic E-state index is 0. The molecule has 0 amide bonds. The van der Waals surface area contributed by atoms with E-state index in [1.54, 1.807) is 0 Å². The van der Waals surface area contributed by atoms with Crippen LogP contribution in [0.4, 0.5) is 4.39 Å². The van der Waals surface area contributed by atoms with E-state index in [1.165, 1.54) is 19.3 Å². The zero-order valence-electron chi connectivity index (χ0n) is 8.47. The first-order valence-electron chi connectivity index (χ1n) is 5.52. The van der Waals surface area contributed by atoms with Gasteiger partial charge in [-0.25, -0.2) is 4.39 Å². The van der Waals surface area contributed by atoms with Gasteiger partial charge >= 0.3 is 0 Å². The van der Waals surface area contributed by atoms with Crippen LogP contribution in [0, 0.1) is 17.3 Å². The Hall–Kier alpha value is 0.180. The van der Waals surface area contributed by atoms with Crippen molar-refractivity contribution < 1.29 is 4.39 Å². The van der Waals surface area contributed by atoms with E-state index < -0.39 is 5.67 Å². The maximum absolute atomic E-state index is 14.3. The van der Waals surface area contributed by atoms with Crippen LogP contribution in [0.15, 0.2) is 0 Å². The molecule has 2 N–H and O–H groups in total. The molecule has 0 aliphatic heterocycles. The number of rotatable bonds is 1. The summed E-state index contributed by atoms with van der Waals surface area (Å²) in [5, 5.41) is 0. The van der Waals surface area contributed by atoms with Gasteiger partial charge in [0.1, 0.15) is 5.67 Å². The Balaban J connectivity index is 0.000000750. The summed E-state index contributed by atoms with van der Waals surface area (Å²) in [4.78, 5) is 0. The predicted molar refractivity (Wildman–Crippen MR) is 57.3 cm³/mol. The van der Waals surface area contributed by atoms with Crippen LogP contribution in [-0.4, -0.2) is 12.2 Å². The molecule has 2 atom stereocenters. The predicted octanol–water partition coefficient (Wildman–Crippen LogP) is 2.68. The van der Waals surface area contributed by atoms with Crippen molar-refractivity contribution in [1.29, 1.82) is 0 Å². The molecule has 2 unspecified atom stereocenters. The van der Waals surface area contributed by atoms with Crippen molar-refractivity contribution in [3.8, 4) is 0 Å². The molecule has 0 saturated heterocycles. The van der Waals surface area contributed by atoms with Gasteiger partial charge in [-0.2, -0.15) is 0 Å². The first kappa shape index (κ1) is 10.7. The molecule has 4 rings (SSSR count). The Kier molecular flexibility index (Phi) is 2.35. The van der Waals surface area contributed by atoms with Crippen molar-refractivity contribution in [1.82, 2.24) is 0 Å². The van der Waals surface area contributed by atoms with Crippen molar-refractivity contribution in [2.45, 2.75) is 44.2 Å². The zero-order chi connectivity index (χ0) is 9.10. The highest BCUT2D eigenvalue weighted by atomic mass is 35.5. The molecular formula is C11H19ClFN. The van der Waals surface area contributed by atoms with Crippen LogP contribution in [0.3, 0.4) is 0 Å². The van der Waals surface area contributed by atoms with Gasteiger partial charge in [-0.3, -0.25) is 0 Å². The number of hydrogen-bond donors (Lipinski definition) is 1. The molecule has 0 heterocycles. The number of nitrogens with two attached hydrogens (primary N) is 1. The minimum atomic E-state index is -0.816. The van der Waals surface area contributed by atoms with E-state index in [0.29, 0.717) is 18.4 Å². The van der Waals surface area contributed by atoms with E-state index in [9.17, 15) is 4.39 Å². The Morgan fingerprint density at radius 3 is 2.14 bits per heavy atom. The van der Waals surface area contributed by atoms with Crippen molar-refractivity contribution in [2.24, 2.45) is 23.0 Å². The molecule has 4 fully saturated rings. The van der Waals surface area contributed by atoms with Crippen molar-refractivity contribution >= 4 is 12.4 Å². The summed E-state index contributed by atoms with van der Waals surface area (Å²) >= 11 is 0. The summed E-state index contributed by atoms with van der Waals surface area (Å²) in [6.07, 6.45) is 6.16. The fourth-order valence-electron chi connectivity index (χ4n) is 4.57. The maximum Gasteiger partial charge on any atom is 0.112 e. The Morgan fingerprint density at radius 1 is 1.14 bits per heavy atom. The van der Waals surface area contributed by atoms with Crippen LogP contribution in [0.5, 0.6) is 0 Å². The maximum atomic E-state index is 14.3. The second-order valence-corrected chi connectivity index (χ2v) is 5.82. The second-order valence-electron chi connectivity index (χ2n) is 5.82. The Bertz CT molecular complexity index is 229. The molecule has 14 heavy (non-hydrogen) atoms. The van der Waals surface area contributed by atoms with Crippen LogP contribution in [0.2, 0.25) is 0 Å². The molecule has 4 aliphatic carbocycles. The monoisotopic (exact) mass is 219 g/mol. The van der Waals surface area contributed by atoms with Crippen LogP contribution in [0.1, 0.15) is 38.5 Å². The number of alkyl halides is 1. The molecular weight excluding hydrogens is 201 g/mol. The van der Waals surface area contributed by atoms with E-state index in [1.807, 2.05) is 0 Å². The third-order valence-corrected chi connectivity index (χ3v) is 4.54. The molecule has 4 saturated carbocycles. The largest absolute Gasteiger partial charge is 0.330 e. The first-order chi connectivity index (χ1) is 6.13. The topological polar surface area (TPSA) is 26.0 Å². The SMILES string of the molecule is Cl.NCC12CC3CC(CC(F)(C3)C1)C2. The molecule has 4 bridgehead atoms. The molecule has 3 heteroatoms. The summed E-state index contributed by atoms with van der Waals surface area (Å²) in [6.45, 7) is 0.714. The number of hydrogen-bond acceptors (Lipinski definition) is 1. The highest BCUT2D eigenvalue weighted by molar-refractivity contribution is 5.85. The minimum Gasteiger partial charge on any atom is -0.330 e. The van der Waals surface area contributed by atoms with Gasteiger partial charge in [0.05, 0.1) is 0 Å². The average molecular weight is 220 g/mol. The standard InChI is InChI=1S/C11H18FN.ClH/c12-11-4-8-1-9(5-11)3-10(2-8,6-11)7-13;/h8-9H,1-7,13H2;1H. The van der Waals surface area contributed by atoms with Crippen LogP contribution in [0.25, 0.3) is 0 Å². The van der Waals surface area contributed by atoms with E-state index in [2.05, 4.69) is 0 Å². The summed E-state index contributed by atoms with van der Waals surface area (Å²) in [6, 6.07) is 0. The lowest BCUT2D eigenvalue weighted by molar-refractivity contribution is -0.119. The van der Waals surface area contributed by atoms with Crippen LogP contribution >= 0.6 is 12.4 Å². The molecule has 1 nitrogen and oxygen atoms in total. The van der Waals surface area contributed by atoms with E-state index >= 15 is 0 Å². The van der Waals surface area contributed by atoms with Gasteiger partial charge < -0.3 is 5.73 Å². The van der Waals surface area contributed by atoms with Crippen molar-refractivity contribution in [3.63, 3.8) is 0 Å². The van der Waals surface area contributed by atoms with Gasteiger partial charge in [0.25, 0.3) is 0 Å². The van der Waals surface area contributed by atoms with Crippen molar-refractivity contribution in [2.75, 3.05) is 6.54 Å². The molecule has 0 aromatic rings. The molecule has 0 spiro atoms. The molecule has 4 aliphatic rings. The van der Waals surface area contributed by atoms with E-state index in [4.69, 9.17) is 5.73 Å². The highest BCUT2D eigenvalue weighted by Gasteiger charge is 2.57. The van der Waals surface area contributed by atoms with Crippen LogP contribution < -0.4 is 5.73 Å². The zero-order valence-corrected chi connectivity index (χ0v) is 9.28. The van der Waals surface area contributed by atoms with Gasteiger partial charge in [0.2, 0.25) is 0 Å². The van der Waals surface area contributed by atoms with Gasteiger partial charge in [-0.05, 0) is 62.3 Å². The molecule has 82 valence electrons. The number of halogens is 2. The lowest BCUT2D eigenvalue weighted by Gasteiger charge is -2.59.